The summed E-state index contributed by atoms with van der Waals surface area (Å²) in [5.74, 6) is -1.69. The van der Waals surface area contributed by atoms with E-state index in [4.69, 9.17) is 30.8 Å². The van der Waals surface area contributed by atoms with Gasteiger partial charge in [0.25, 0.3) is 0 Å². The second kappa shape index (κ2) is 11.8. The number of nitrogens with two attached hydrogens (primary N) is 2. The smallest absolute Gasteiger partial charge is 0.306 e. The van der Waals surface area contributed by atoms with E-state index in [1.165, 1.54) is 0 Å². The van der Waals surface area contributed by atoms with E-state index in [1.807, 2.05) is 0 Å². The SMILES string of the molecule is NC1CCC(CC(=O)OCCOCCOC(=O)CCC(=O)O)CC1N. The third-order valence-electron chi connectivity index (χ3n) is 4.04. The predicted octanol–water partition coefficient (Wildman–Crippen LogP) is -0.201. The number of carbonyl (C=O) groups excluding carboxylic acids is 2. The quantitative estimate of drug-likeness (QED) is 0.336. The maximum Gasteiger partial charge on any atom is 0.306 e. The van der Waals surface area contributed by atoms with E-state index in [9.17, 15) is 14.4 Å². The molecule has 3 unspecified atom stereocenters. The number of hydrogen-bond acceptors (Lipinski definition) is 8. The fourth-order valence-corrected chi connectivity index (χ4v) is 2.61. The van der Waals surface area contributed by atoms with Gasteiger partial charge in [0.1, 0.15) is 13.2 Å². The Morgan fingerprint density at radius 3 is 2.12 bits per heavy atom. The molecule has 144 valence electrons. The summed E-state index contributed by atoms with van der Waals surface area (Å²) in [5, 5.41) is 8.42. The lowest BCUT2D eigenvalue weighted by Gasteiger charge is -2.31. The summed E-state index contributed by atoms with van der Waals surface area (Å²) in [6, 6.07) is -0.0491. The van der Waals surface area contributed by atoms with E-state index >= 15 is 0 Å². The minimum Gasteiger partial charge on any atom is -0.481 e. The van der Waals surface area contributed by atoms with E-state index in [-0.39, 0.29) is 63.2 Å². The fourth-order valence-electron chi connectivity index (χ4n) is 2.61. The molecule has 0 radical (unpaired) electrons. The van der Waals surface area contributed by atoms with Gasteiger partial charge >= 0.3 is 17.9 Å². The van der Waals surface area contributed by atoms with Crippen LogP contribution in [-0.2, 0) is 28.6 Å². The van der Waals surface area contributed by atoms with E-state index in [0.29, 0.717) is 6.42 Å². The molecule has 1 aliphatic rings. The van der Waals surface area contributed by atoms with Crippen molar-refractivity contribution in [1.82, 2.24) is 0 Å². The van der Waals surface area contributed by atoms with Gasteiger partial charge in [-0.25, -0.2) is 0 Å². The first-order chi connectivity index (χ1) is 11.9. The van der Waals surface area contributed by atoms with Crippen molar-refractivity contribution in [1.29, 1.82) is 0 Å². The second-order valence-electron chi connectivity index (χ2n) is 6.16. The molecule has 3 atom stereocenters. The van der Waals surface area contributed by atoms with Gasteiger partial charge in [-0.2, -0.15) is 0 Å². The third-order valence-corrected chi connectivity index (χ3v) is 4.04. The molecular weight excluding hydrogens is 332 g/mol. The van der Waals surface area contributed by atoms with Gasteiger partial charge in [-0.05, 0) is 25.2 Å². The van der Waals surface area contributed by atoms with Crippen molar-refractivity contribution in [3.8, 4) is 0 Å². The molecule has 25 heavy (non-hydrogen) atoms. The number of aliphatic carboxylic acids is 1. The molecule has 0 aliphatic heterocycles. The number of esters is 2. The van der Waals surface area contributed by atoms with Gasteiger partial charge in [0, 0.05) is 18.5 Å². The Morgan fingerprint density at radius 2 is 1.52 bits per heavy atom. The molecule has 0 bridgehead atoms. The summed E-state index contributed by atoms with van der Waals surface area (Å²) in [5.41, 5.74) is 11.7. The van der Waals surface area contributed by atoms with Gasteiger partial charge in [0.15, 0.2) is 0 Å². The maximum absolute atomic E-state index is 11.7. The van der Waals surface area contributed by atoms with Crippen LogP contribution in [0.5, 0.6) is 0 Å². The predicted molar refractivity (Wildman–Crippen MR) is 87.5 cm³/mol. The number of carboxylic acids is 1. The Balaban J connectivity index is 1.96. The van der Waals surface area contributed by atoms with Gasteiger partial charge in [0.05, 0.1) is 26.1 Å². The highest BCUT2D eigenvalue weighted by Crippen LogP contribution is 2.25. The molecule has 0 amide bonds. The molecule has 0 spiro atoms. The summed E-state index contributed by atoms with van der Waals surface area (Å²) in [4.78, 5) is 33.1. The highest BCUT2D eigenvalue weighted by atomic mass is 16.6. The van der Waals surface area contributed by atoms with Crippen molar-refractivity contribution in [2.24, 2.45) is 17.4 Å². The molecule has 1 saturated carbocycles. The van der Waals surface area contributed by atoms with Crippen molar-refractivity contribution in [3.05, 3.63) is 0 Å². The van der Waals surface area contributed by atoms with Crippen molar-refractivity contribution >= 4 is 17.9 Å². The average molecular weight is 360 g/mol. The Kier molecular flexibility index (Phi) is 10.0. The molecule has 0 aromatic heterocycles. The molecule has 0 aromatic carbocycles. The molecule has 1 aliphatic carbocycles. The number of carboxylic acid groups (broad SMARTS) is 1. The summed E-state index contributed by atoms with van der Waals surface area (Å²) in [7, 11) is 0. The summed E-state index contributed by atoms with van der Waals surface area (Å²) in [6.45, 7) is 0.524. The zero-order valence-electron chi connectivity index (χ0n) is 14.4. The van der Waals surface area contributed by atoms with Crippen LogP contribution in [-0.4, -0.2) is 61.5 Å². The molecule has 0 heterocycles. The van der Waals surface area contributed by atoms with Gasteiger partial charge in [-0.1, -0.05) is 0 Å². The van der Waals surface area contributed by atoms with Gasteiger partial charge in [-0.15, -0.1) is 0 Å². The monoisotopic (exact) mass is 360 g/mol. The van der Waals surface area contributed by atoms with Gasteiger partial charge in [0.2, 0.25) is 0 Å². The van der Waals surface area contributed by atoms with Crippen LogP contribution in [0, 0.1) is 5.92 Å². The first-order valence-corrected chi connectivity index (χ1v) is 8.50. The lowest BCUT2D eigenvalue weighted by atomic mass is 9.81. The van der Waals surface area contributed by atoms with Crippen LogP contribution in [0.2, 0.25) is 0 Å². The molecule has 0 aromatic rings. The van der Waals surface area contributed by atoms with Crippen LogP contribution in [0.1, 0.15) is 38.5 Å². The van der Waals surface area contributed by atoms with Crippen molar-refractivity contribution in [3.63, 3.8) is 0 Å². The molecule has 1 rings (SSSR count). The molecule has 5 N–H and O–H groups in total. The maximum atomic E-state index is 11.7. The van der Waals surface area contributed by atoms with Crippen molar-refractivity contribution < 1.29 is 33.7 Å². The Labute approximate surface area is 147 Å². The first kappa shape index (κ1) is 21.3. The Morgan fingerprint density at radius 1 is 0.880 bits per heavy atom. The molecule has 9 nitrogen and oxygen atoms in total. The summed E-state index contributed by atoms with van der Waals surface area (Å²) < 4.78 is 15.0. The minimum atomic E-state index is -1.05. The van der Waals surface area contributed by atoms with Gasteiger partial charge < -0.3 is 30.8 Å². The van der Waals surface area contributed by atoms with E-state index in [0.717, 1.165) is 19.3 Å². The third kappa shape index (κ3) is 10.0. The van der Waals surface area contributed by atoms with Crippen LogP contribution in [0.15, 0.2) is 0 Å². The lowest BCUT2D eigenvalue weighted by molar-refractivity contribution is -0.149. The Hall–Kier alpha value is -1.71. The Bertz CT molecular complexity index is 444. The normalized spacial score (nSPS) is 23.0. The van der Waals surface area contributed by atoms with Crippen LogP contribution in [0.3, 0.4) is 0 Å². The highest BCUT2D eigenvalue weighted by molar-refractivity contribution is 5.76. The van der Waals surface area contributed by atoms with Crippen molar-refractivity contribution in [2.75, 3.05) is 26.4 Å². The van der Waals surface area contributed by atoms with Crippen LogP contribution < -0.4 is 11.5 Å². The van der Waals surface area contributed by atoms with Crippen LogP contribution >= 0.6 is 0 Å². The standard InChI is InChI=1S/C16H28N2O7/c17-12-2-1-11(9-13(12)18)10-16(22)25-8-6-23-5-7-24-15(21)4-3-14(19)20/h11-13H,1-10,17-18H2,(H,19,20). The number of carbonyl (C=O) groups is 3. The number of rotatable bonds is 11. The minimum absolute atomic E-state index is 0.0129. The first-order valence-electron chi connectivity index (χ1n) is 8.50. The zero-order valence-corrected chi connectivity index (χ0v) is 14.4. The number of ether oxygens (including phenoxy) is 3. The summed E-state index contributed by atoms with van der Waals surface area (Å²) in [6.07, 6.45) is 2.36. The van der Waals surface area contributed by atoms with Crippen LogP contribution in [0.4, 0.5) is 0 Å². The average Bonchev–Trinajstić information content (AvgIpc) is 2.55. The zero-order chi connectivity index (χ0) is 18.7. The van der Waals surface area contributed by atoms with Crippen LogP contribution in [0.25, 0.3) is 0 Å². The lowest BCUT2D eigenvalue weighted by Crippen LogP contribution is -2.46. The fraction of sp³-hybridized carbons (Fsp3) is 0.812. The van der Waals surface area contributed by atoms with E-state index in [1.54, 1.807) is 0 Å². The number of hydrogen-bond donors (Lipinski definition) is 3. The largest absolute Gasteiger partial charge is 0.481 e. The molecule has 0 saturated heterocycles. The van der Waals surface area contributed by atoms with Crippen molar-refractivity contribution in [2.45, 2.75) is 50.6 Å². The summed E-state index contributed by atoms with van der Waals surface area (Å²) >= 11 is 0. The molecule has 1 fully saturated rings. The molecule has 9 heteroatoms. The highest BCUT2D eigenvalue weighted by Gasteiger charge is 2.27. The van der Waals surface area contributed by atoms with E-state index in [2.05, 4.69) is 0 Å². The van der Waals surface area contributed by atoms with E-state index < -0.39 is 11.9 Å². The topological polar surface area (TPSA) is 151 Å². The second-order valence-corrected chi connectivity index (χ2v) is 6.16. The molecular formula is C16H28N2O7. The van der Waals surface area contributed by atoms with Gasteiger partial charge in [-0.3, -0.25) is 14.4 Å².